The van der Waals surface area contributed by atoms with Crippen molar-refractivity contribution in [1.29, 1.82) is 0 Å². The fourth-order valence-electron chi connectivity index (χ4n) is 9.34. The van der Waals surface area contributed by atoms with E-state index in [1.54, 1.807) is 0 Å². The zero-order chi connectivity index (χ0) is 38.6. The number of rotatable bonds is 9. The Morgan fingerprint density at radius 1 is 0.625 bits per heavy atom. The molecule has 56 heavy (non-hydrogen) atoms. The highest BCUT2D eigenvalue weighted by Gasteiger charge is 2.47. The molecule has 0 radical (unpaired) electrons. The van der Waals surface area contributed by atoms with Crippen LogP contribution in [-0.2, 0) is 10.8 Å². The van der Waals surface area contributed by atoms with Crippen molar-refractivity contribution in [2.24, 2.45) is 0 Å². The lowest BCUT2D eigenvalue weighted by molar-refractivity contribution is 0.639. The predicted octanol–water partition coefficient (Wildman–Crippen LogP) is 14.9. The van der Waals surface area contributed by atoms with Crippen molar-refractivity contribution in [3.8, 4) is 11.1 Å². The van der Waals surface area contributed by atoms with Crippen molar-refractivity contribution in [2.75, 3.05) is 4.90 Å². The van der Waals surface area contributed by atoms with Gasteiger partial charge in [-0.05, 0) is 95.3 Å². The predicted molar refractivity (Wildman–Crippen MR) is 238 cm³/mol. The second-order valence-corrected chi connectivity index (χ2v) is 15.4. The Hall–Kier alpha value is -6.64. The summed E-state index contributed by atoms with van der Waals surface area (Å²) in [6.07, 6.45) is 14.2. The summed E-state index contributed by atoms with van der Waals surface area (Å²) in [6, 6.07) is 48.7. The summed E-state index contributed by atoms with van der Waals surface area (Å²) in [7, 11) is 0. The van der Waals surface area contributed by atoms with E-state index in [0.717, 1.165) is 44.6 Å². The van der Waals surface area contributed by atoms with E-state index in [2.05, 4.69) is 197 Å². The largest absolute Gasteiger partial charge is 0.455 e. The molecule has 0 bridgehead atoms. The second-order valence-electron chi connectivity index (χ2n) is 15.4. The summed E-state index contributed by atoms with van der Waals surface area (Å²) in [5.74, 6) is 0. The zero-order valence-electron chi connectivity index (χ0n) is 32.5. The zero-order valence-corrected chi connectivity index (χ0v) is 32.5. The number of hydrogen-bond acceptors (Lipinski definition) is 2. The Kier molecular flexibility index (Phi) is 8.51. The van der Waals surface area contributed by atoms with Crippen LogP contribution in [-0.4, -0.2) is 0 Å². The van der Waals surface area contributed by atoms with Gasteiger partial charge in [0.1, 0.15) is 11.2 Å². The first-order valence-corrected chi connectivity index (χ1v) is 19.4. The van der Waals surface area contributed by atoms with Crippen LogP contribution in [0.5, 0.6) is 0 Å². The van der Waals surface area contributed by atoms with E-state index in [1.165, 1.54) is 50.1 Å². The number of anilines is 3. The lowest BCUT2D eigenvalue weighted by atomic mass is 9.67. The van der Waals surface area contributed by atoms with E-state index >= 15 is 0 Å². The van der Waals surface area contributed by atoms with Gasteiger partial charge in [0.05, 0.1) is 5.41 Å². The van der Waals surface area contributed by atoms with Gasteiger partial charge in [-0.15, -0.1) is 0 Å². The number of furan rings is 1. The maximum Gasteiger partial charge on any atom is 0.143 e. The van der Waals surface area contributed by atoms with Crippen LogP contribution in [0.2, 0.25) is 0 Å². The van der Waals surface area contributed by atoms with Crippen LogP contribution in [0.25, 0.3) is 38.6 Å². The molecule has 0 saturated carbocycles. The Labute approximate surface area is 330 Å². The maximum atomic E-state index is 6.87. The topological polar surface area (TPSA) is 16.4 Å². The molecule has 0 amide bonds. The van der Waals surface area contributed by atoms with Crippen LogP contribution < -0.4 is 4.90 Å². The number of fused-ring (bicyclic) bond motifs is 8. The van der Waals surface area contributed by atoms with Crippen LogP contribution in [0.4, 0.5) is 17.1 Å². The minimum atomic E-state index is -0.559. The van der Waals surface area contributed by atoms with Crippen molar-refractivity contribution in [1.82, 2.24) is 0 Å². The molecule has 1 aromatic heterocycles. The molecule has 0 saturated heterocycles. The molecule has 0 fully saturated rings. The monoisotopic (exact) mass is 723 g/mol. The minimum Gasteiger partial charge on any atom is -0.455 e. The van der Waals surface area contributed by atoms with Crippen LogP contribution in [0.3, 0.4) is 0 Å². The first-order chi connectivity index (χ1) is 27.3. The average Bonchev–Trinajstić information content (AvgIpc) is 3.81. The summed E-state index contributed by atoms with van der Waals surface area (Å²) in [5, 5.41) is 2.25. The maximum absolute atomic E-state index is 6.87. The molecule has 272 valence electrons. The fourth-order valence-corrected chi connectivity index (χ4v) is 9.34. The van der Waals surface area contributed by atoms with Crippen LogP contribution in [0, 0.1) is 0 Å². The molecule has 0 spiro atoms. The summed E-state index contributed by atoms with van der Waals surface area (Å²) < 4.78 is 6.87. The molecule has 1 atom stereocenters. The third-order valence-corrected chi connectivity index (χ3v) is 12.3. The number of benzene rings is 6. The van der Waals surface area contributed by atoms with Gasteiger partial charge < -0.3 is 9.32 Å². The van der Waals surface area contributed by atoms with Gasteiger partial charge in [0.25, 0.3) is 0 Å². The van der Waals surface area contributed by atoms with Gasteiger partial charge in [0.15, 0.2) is 0 Å². The van der Waals surface area contributed by atoms with Gasteiger partial charge in [-0.3, -0.25) is 0 Å². The van der Waals surface area contributed by atoms with Crippen LogP contribution in [0.15, 0.2) is 205 Å². The Balaban J connectivity index is 1.33. The standard InChI is InChI=1S/C54H45NO/c1-7-9-13-20-36(3)54(38-21-14-11-15-22-38)47-32-29-40(34-46(47)51-48(54)33-31-45-44-26-18-19-27-50(44)56-52(45)51)55(39-23-16-12-17-24-39)41-28-30-43-42(25-10-8-2)37(4)53(5,6)49(43)35-41/h7-35H,1-2H2,3-6H3/b13-9-,25-10-,36-20+. The lowest BCUT2D eigenvalue weighted by Crippen LogP contribution is -2.28. The summed E-state index contributed by atoms with van der Waals surface area (Å²) >= 11 is 0. The van der Waals surface area contributed by atoms with Crippen LogP contribution in [0.1, 0.15) is 55.5 Å². The van der Waals surface area contributed by atoms with E-state index < -0.39 is 5.41 Å². The highest BCUT2D eigenvalue weighted by molar-refractivity contribution is 6.12. The van der Waals surface area contributed by atoms with E-state index in [1.807, 2.05) is 24.3 Å². The van der Waals surface area contributed by atoms with Gasteiger partial charge in [-0.1, -0.05) is 172 Å². The van der Waals surface area contributed by atoms with Crippen molar-refractivity contribution < 1.29 is 4.42 Å². The number of nitrogens with zero attached hydrogens (tertiary/aromatic N) is 1. The van der Waals surface area contributed by atoms with Gasteiger partial charge in [0, 0.05) is 38.8 Å². The molecule has 0 aliphatic heterocycles. The van der Waals surface area contributed by atoms with E-state index in [-0.39, 0.29) is 5.41 Å². The molecule has 2 aliphatic carbocycles. The van der Waals surface area contributed by atoms with E-state index in [9.17, 15) is 0 Å². The summed E-state index contributed by atoms with van der Waals surface area (Å²) in [4.78, 5) is 2.40. The number of para-hydroxylation sites is 2. The SMILES string of the molecule is C=C/C=C\C=C(/C)C1(c2ccccc2)c2ccc(N(c3ccccc3)c3ccc4c(c3)C(C)(C)C(C)=C4/C=C\C=C)cc2-c2c1ccc1c2oc2ccccc21. The van der Waals surface area contributed by atoms with E-state index in [4.69, 9.17) is 4.42 Å². The second kappa shape index (κ2) is 13.6. The molecule has 1 unspecified atom stereocenters. The van der Waals surface area contributed by atoms with Crippen molar-refractivity contribution >= 4 is 44.6 Å². The Morgan fingerprint density at radius 2 is 1.30 bits per heavy atom. The minimum absolute atomic E-state index is 0.127. The van der Waals surface area contributed by atoms with Crippen molar-refractivity contribution in [3.63, 3.8) is 0 Å². The fraction of sp³-hybridized carbons (Fsp3) is 0.111. The van der Waals surface area contributed by atoms with Crippen molar-refractivity contribution in [2.45, 2.75) is 38.5 Å². The molecule has 9 rings (SSSR count). The molecule has 1 heterocycles. The summed E-state index contributed by atoms with van der Waals surface area (Å²) in [5.41, 5.74) is 16.9. The summed E-state index contributed by atoms with van der Waals surface area (Å²) in [6.45, 7) is 17.1. The quantitative estimate of drug-likeness (QED) is 0.138. The number of allylic oxidation sites excluding steroid dienone is 10. The smallest absolute Gasteiger partial charge is 0.143 e. The Morgan fingerprint density at radius 3 is 2.07 bits per heavy atom. The molecule has 2 nitrogen and oxygen atoms in total. The first-order valence-electron chi connectivity index (χ1n) is 19.4. The van der Waals surface area contributed by atoms with Gasteiger partial charge in [0.2, 0.25) is 0 Å². The number of hydrogen-bond donors (Lipinski definition) is 0. The molecular formula is C54H45NO. The normalized spacial score (nSPS) is 17.2. The highest BCUT2D eigenvalue weighted by atomic mass is 16.3. The highest BCUT2D eigenvalue weighted by Crippen LogP contribution is 2.60. The van der Waals surface area contributed by atoms with E-state index in [0.29, 0.717) is 0 Å². The van der Waals surface area contributed by atoms with Gasteiger partial charge >= 0.3 is 0 Å². The molecule has 0 N–H and O–H groups in total. The molecular weight excluding hydrogens is 679 g/mol. The third-order valence-electron chi connectivity index (χ3n) is 12.3. The molecule has 7 aromatic rings. The van der Waals surface area contributed by atoms with Gasteiger partial charge in [-0.25, -0.2) is 0 Å². The van der Waals surface area contributed by atoms with Gasteiger partial charge in [-0.2, -0.15) is 0 Å². The molecule has 2 heteroatoms. The molecule has 2 aliphatic rings. The lowest BCUT2D eigenvalue weighted by Gasteiger charge is -2.34. The van der Waals surface area contributed by atoms with Crippen molar-refractivity contribution in [3.05, 3.63) is 228 Å². The Bertz CT molecular complexity index is 2820. The van der Waals surface area contributed by atoms with Crippen LogP contribution >= 0.6 is 0 Å². The first kappa shape index (κ1) is 35.1. The molecule has 6 aromatic carbocycles. The third kappa shape index (κ3) is 5.17. The average molecular weight is 724 g/mol.